The first-order chi connectivity index (χ1) is 9.79. The van der Waals surface area contributed by atoms with Gasteiger partial charge in [-0.2, -0.15) is 0 Å². The van der Waals surface area contributed by atoms with Crippen molar-refractivity contribution >= 4 is 0 Å². The standard InChI is InChI=1S/C12H10O.C6H10O/c13-12-9-5-4-8-11(12)10-6-2-1-3-7-10;1-3-5-7-6-4-2/h1-9,13H;3-4H,1-2,5-6H2. The van der Waals surface area contributed by atoms with Crippen LogP contribution in [0.1, 0.15) is 0 Å². The number of rotatable bonds is 5. The lowest BCUT2D eigenvalue weighted by Crippen LogP contribution is -1.87. The Hall–Kier alpha value is -2.32. The van der Waals surface area contributed by atoms with Crippen molar-refractivity contribution in [2.45, 2.75) is 0 Å². The molecule has 0 unspecified atom stereocenters. The second-order valence-corrected chi connectivity index (χ2v) is 4.00. The van der Waals surface area contributed by atoms with Crippen LogP contribution in [0.5, 0.6) is 5.75 Å². The molecule has 0 saturated heterocycles. The van der Waals surface area contributed by atoms with Crippen molar-refractivity contribution in [1.29, 1.82) is 0 Å². The lowest BCUT2D eigenvalue weighted by molar-refractivity contribution is 0.194. The minimum atomic E-state index is 0.328. The van der Waals surface area contributed by atoms with E-state index in [1.54, 1.807) is 18.2 Å². The van der Waals surface area contributed by atoms with E-state index in [4.69, 9.17) is 4.74 Å². The number of benzene rings is 2. The van der Waals surface area contributed by atoms with Crippen LogP contribution in [0.25, 0.3) is 11.1 Å². The van der Waals surface area contributed by atoms with Gasteiger partial charge in [-0.15, -0.1) is 13.2 Å². The van der Waals surface area contributed by atoms with Crippen LogP contribution in [0.4, 0.5) is 0 Å². The van der Waals surface area contributed by atoms with Gasteiger partial charge in [0.05, 0.1) is 13.2 Å². The highest BCUT2D eigenvalue weighted by Crippen LogP contribution is 2.27. The van der Waals surface area contributed by atoms with Crippen LogP contribution < -0.4 is 0 Å². The van der Waals surface area contributed by atoms with Gasteiger partial charge in [-0.1, -0.05) is 60.7 Å². The molecule has 20 heavy (non-hydrogen) atoms. The molecule has 0 fully saturated rings. The molecule has 0 spiro atoms. The summed E-state index contributed by atoms with van der Waals surface area (Å²) in [6, 6.07) is 17.2. The molecule has 0 bridgehead atoms. The highest BCUT2D eigenvalue weighted by molar-refractivity contribution is 5.69. The molecule has 1 N–H and O–H groups in total. The lowest BCUT2D eigenvalue weighted by Gasteiger charge is -2.02. The number of phenolic OH excluding ortho intramolecular Hbond substituents is 1. The Labute approximate surface area is 120 Å². The summed E-state index contributed by atoms with van der Waals surface area (Å²) in [6.45, 7) is 8.18. The number of aromatic hydroxyl groups is 1. The second kappa shape index (κ2) is 9.59. The van der Waals surface area contributed by atoms with E-state index in [-0.39, 0.29) is 0 Å². The first-order valence-electron chi connectivity index (χ1n) is 6.42. The molecule has 2 rings (SSSR count). The van der Waals surface area contributed by atoms with Crippen LogP contribution in [0.3, 0.4) is 0 Å². The van der Waals surface area contributed by atoms with Gasteiger partial charge in [0.15, 0.2) is 0 Å². The van der Waals surface area contributed by atoms with Crippen LogP contribution in [-0.2, 0) is 4.74 Å². The summed E-state index contributed by atoms with van der Waals surface area (Å²) in [6.07, 6.45) is 3.42. The Balaban J connectivity index is 0.000000246. The Kier molecular flexibility index (Phi) is 7.55. The van der Waals surface area contributed by atoms with E-state index in [0.29, 0.717) is 19.0 Å². The molecule has 0 amide bonds. The van der Waals surface area contributed by atoms with Crippen molar-refractivity contribution < 1.29 is 9.84 Å². The fourth-order valence-electron chi connectivity index (χ4n) is 1.57. The van der Waals surface area contributed by atoms with Gasteiger partial charge >= 0.3 is 0 Å². The zero-order valence-electron chi connectivity index (χ0n) is 11.5. The highest BCUT2D eigenvalue weighted by atomic mass is 16.5. The molecule has 2 nitrogen and oxygen atoms in total. The Morgan fingerprint density at radius 3 is 1.95 bits per heavy atom. The molecule has 0 heterocycles. The van der Waals surface area contributed by atoms with E-state index >= 15 is 0 Å². The minimum Gasteiger partial charge on any atom is -0.507 e. The smallest absolute Gasteiger partial charge is 0.123 e. The molecular formula is C18H20O2. The fraction of sp³-hybridized carbons (Fsp3) is 0.111. The van der Waals surface area contributed by atoms with Gasteiger partial charge in [0, 0.05) is 5.56 Å². The van der Waals surface area contributed by atoms with Crippen LogP contribution >= 0.6 is 0 Å². The zero-order chi connectivity index (χ0) is 14.6. The van der Waals surface area contributed by atoms with Gasteiger partial charge in [-0.05, 0) is 11.6 Å². The van der Waals surface area contributed by atoms with Gasteiger partial charge < -0.3 is 9.84 Å². The molecule has 0 aromatic heterocycles. The van der Waals surface area contributed by atoms with Crippen LogP contribution in [-0.4, -0.2) is 18.3 Å². The first-order valence-corrected chi connectivity index (χ1v) is 6.42. The maximum atomic E-state index is 9.56. The van der Waals surface area contributed by atoms with Crippen molar-refractivity contribution in [3.05, 3.63) is 79.9 Å². The van der Waals surface area contributed by atoms with E-state index in [1.165, 1.54) is 0 Å². The molecular weight excluding hydrogens is 248 g/mol. The third-order valence-electron chi connectivity index (χ3n) is 2.46. The van der Waals surface area contributed by atoms with Crippen molar-refractivity contribution in [3.63, 3.8) is 0 Å². The van der Waals surface area contributed by atoms with Crippen LogP contribution in [0, 0.1) is 0 Å². The van der Waals surface area contributed by atoms with E-state index in [1.807, 2.05) is 48.5 Å². The summed E-state index contributed by atoms with van der Waals surface area (Å²) in [5.74, 6) is 0.328. The Morgan fingerprint density at radius 1 is 0.850 bits per heavy atom. The molecule has 104 valence electrons. The number of hydrogen-bond acceptors (Lipinski definition) is 2. The monoisotopic (exact) mass is 268 g/mol. The third-order valence-corrected chi connectivity index (χ3v) is 2.46. The summed E-state index contributed by atoms with van der Waals surface area (Å²) in [5.41, 5.74) is 1.92. The van der Waals surface area contributed by atoms with E-state index in [9.17, 15) is 5.11 Å². The molecule has 2 aromatic carbocycles. The first kappa shape index (κ1) is 15.7. The predicted molar refractivity (Wildman–Crippen MR) is 84.8 cm³/mol. The number of phenols is 1. The van der Waals surface area contributed by atoms with Gasteiger partial charge in [0.1, 0.15) is 5.75 Å². The quantitative estimate of drug-likeness (QED) is 0.642. The molecule has 0 radical (unpaired) electrons. The Morgan fingerprint density at radius 2 is 1.40 bits per heavy atom. The lowest BCUT2D eigenvalue weighted by atomic mass is 10.1. The van der Waals surface area contributed by atoms with Crippen molar-refractivity contribution in [2.75, 3.05) is 13.2 Å². The largest absolute Gasteiger partial charge is 0.507 e. The molecule has 0 aliphatic carbocycles. The van der Waals surface area contributed by atoms with Crippen molar-refractivity contribution in [2.24, 2.45) is 0 Å². The van der Waals surface area contributed by atoms with Gasteiger partial charge in [-0.3, -0.25) is 0 Å². The van der Waals surface area contributed by atoms with E-state index in [2.05, 4.69) is 13.2 Å². The highest BCUT2D eigenvalue weighted by Gasteiger charge is 2.00. The van der Waals surface area contributed by atoms with Crippen LogP contribution in [0.2, 0.25) is 0 Å². The van der Waals surface area contributed by atoms with Crippen LogP contribution in [0.15, 0.2) is 79.9 Å². The van der Waals surface area contributed by atoms with Crippen molar-refractivity contribution in [1.82, 2.24) is 0 Å². The Bertz CT molecular complexity index is 510. The van der Waals surface area contributed by atoms with E-state index < -0.39 is 0 Å². The average molecular weight is 268 g/mol. The van der Waals surface area contributed by atoms with Gasteiger partial charge in [-0.25, -0.2) is 0 Å². The molecule has 2 heteroatoms. The maximum Gasteiger partial charge on any atom is 0.123 e. The maximum absolute atomic E-state index is 9.56. The third kappa shape index (κ3) is 5.55. The summed E-state index contributed by atoms with van der Waals surface area (Å²) in [7, 11) is 0. The number of hydrogen-bond donors (Lipinski definition) is 1. The number of ether oxygens (including phenoxy) is 1. The molecule has 0 aliphatic rings. The molecule has 0 atom stereocenters. The molecule has 2 aromatic rings. The normalized spacial score (nSPS) is 9.20. The zero-order valence-corrected chi connectivity index (χ0v) is 11.5. The van der Waals surface area contributed by atoms with Gasteiger partial charge in [0.2, 0.25) is 0 Å². The summed E-state index contributed by atoms with van der Waals surface area (Å²) >= 11 is 0. The second-order valence-electron chi connectivity index (χ2n) is 4.00. The molecule has 0 aliphatic heterocycles. The van der Waals surface area contributed by atoms with Crippen molar-refractivity contribution in [3.8, 4) is 16.9 Å². The van der Waals surface area contributed by atoms with Gasteiger partial charge in [0.25, 0.3) is 0 Å². The topological polar surface area (TPSA) is 29.5 Å². The minimum absolute atomic E-state index is 0.328. The fourth-order valence-corrected chi connectivity index (χ4v) is 1.57. The average Bonchev–Trinajstić information content (AvgIpc) is 2.50. The summed E-state index contributed by atoms with van der Waals surface area (Å²) in [5, 5.41) is 9.56. The SMILES string of the molecule is C=CCOCC=C.Oc1ccccc1-c1ccccc1. The number of para-hydroxylation sites is 1. The van der Waals surface area contributed by atoms with E-state index in [0.717, 1.165) is 11.1 Å². The molecule has 0 saturated carbocycles. The summed E-state index contributed by atoms with van der Waals surface area (Å²) in [4.78, 5) is 0. The summed E-state index contributed by atoms with van der Waals surface area (Å²) < 4.78 is 4.90. The predicted octanol–water partition coefficient (Wildman–Crippen LogP) is 4.43.